The third-order valence-electron chi connectivity index (χ3n) is 7.82. The van der Waals surface area contributed by atoms with Gasteiger partial charge in [0.2, 0.25) is 0 Å². The summed E-state index contributed by atoms with van der Waals surface area (Å²) in [6, 6.07) is 33.8. The zero-order valence-electron chi connectivity index (χ0n) is 26.8. The van der Waals surface area contributed by atoms with Crippen LogP contribution in [-0.2, 0) is 24.9 Å². The zero-order valence-corrected chi connectivity index (χ0v) is 29.2. The molecule has 1 N–H and O–H groups in total. The summed E-state index contributed by atoms with van der Waals surface area (Å²) in [5.74, 6) is 0.104. The maximum absolute atomic E-state index is 11.5. The van der Waals surface area contributed by atoms with Crippen LogP contribution >= 0.6 is 0 Å². The van der Waals surface area contributed by atoms with Crippen LogP contribution in [0.25, 0.3) is 66.3 Å². The average Bonchev–Trinajstić information content (AvgIpc) is 3.59. The molecule has 3 aromatic heterocycles. The Morgan fingerprint density at radius 2 is 1.39 bits per heavy atom. The van der Waals surface area contributed by atoms with Crippen LogP contribution in [0.15, 0.2) is 118 Å². The quantitative estimate of drug-likeness (QED) is 0.110. The molecule has 0 aliphatic heterocycles. The molecule has 235 valence electrons. The summed E-state index contributed by atoms with van der Waals surface area (Å²) in [4.78, 5) is 16.1. The van der Waals surface area contributed by atoms with E-state index in [1.807, 2.05) is 114 Å². The Morgan fingerprint density at radius 3 is 2.04 bits per heavy atom. The van der Waals surface area contributed by atoms with Crippen molar-refractivity contribution in [2.45, 2.75) is 41.5 Å². The van der Waals surface area contributed by atoms with Gasteiger partial charge in [0.25, 0.3) is 0 Å². The van der Waals surface area contributed by atoms with Gasteiger partial charge in [0.15, 0.2) is 5.78 Å². The van der Waals surface area contributed by atoms with Gasteiger partial charge in [-0.25, -0.2) is 0 Å². The summed E-state index contributed by atoms with van der Waals surface area (Å²) in [6.45, 7) is 11.1. The van der Waals surface area contributed by atoms with E-state index in [1.54, 1.807) is 0 Å². The second-order valence-corrected chi connectivity index (χ2v) is 13.3. The van der Waals surface area contributed by atoms with Gasteiger partial charge >= 0.3 is 0 Å². The van der Waals surface area contributed by atoms with Crippen LogP contribution in [0.5, 0.6) is 0 Å². The molecule has 0 atom stereocenters. The van der Waals surface area contributed by atoms with Gasteiger partial charge in [0, 0.05) is 64.9 Å². The Balaban J connectivity index is 0.000000256. The number of fused-ring (bicyclic) bond motifs is 7. The van der Waals surface area contributed by atoms with Crippen molar-refractivity contribution in [2.24, 2.45) is 10.8 Å². The number of benzene rings is 4. The number of aromatic nitrogens is 1. The van der Waals surface area contributed by atoms with Gasteiger partial charge in [-0.05, 0) is 35.5 Å². The van der Waals surface area contributed by atoms with Crippen LogP contribution in [0.3, 0.4) is 0 Å². The number of carbonyl (C=O) groups excluding carboxylic acids is 1. The Labute approximate surface area is 282 Å². The van der Waals surface area contributed by atoms with Crippen molar-refractivity contribution in [3.63, 3.8) is 0 Å². The minimum Gasteiger partial charge on any atom is -0.512 e. The molecule has 0 fully saturated rings. The average molecular weight is 787 g/mol. The van der Waals surface area contributed by atoms with Gasteiger partial charge < -0.3 is 18.9 Å². The minimum atomic E-state index is -0.417. The predicted octanol–water partition coefficient (Wildman–Crippen LogP) is 11.1. The fraction of sp³-hybridized carbons (Fsp3) is 0.200. The standard InChI is InChI=1S/C29H16NO2.C11H20O2.Ir/c1-2-8-18(9-3-1)24-16-19(14-15-30-24)22-17-23-20-10-4-6-12-25(20)31-29(23)27-21-11-5-7-13-26(21)32-28(22)27;1-10(2,3)8(12)7-9(13)11(4,5)6;/h1-8,10-17H;7,12H,1-6H3;/q-1;;/b;8-7-;. The molecule has 46 heavy (non-hydrogen) atoms. The first-order valence-corrected chi connectivity index (χ1v) is 15.1. The van der Waals surface area contributed by atoms with E-state index in [1.165, 1.54) is 6.08 Å². The first-order chi connectivity index (χ1) is 21.4. The van der Waals surface area contributed by atoms with Gasteiger partial charge in [-0.15, -0.1) is 35.9 Å². The van der Waals surface area contributed by atoms with E-state index >= 15 is 0 Å². The molecule has 0 aliphatic carbocycles. The summed E-state index contributed by atoms with van der Waals surface area (Å²) < 4.78 is 12.7. The molecule has 0 amide bonds. The molecule has 6 heteroatoms. The molecule has 0 spiro atoms. The van der Waals surface area contributed by atoms with Crippen molar-refractivity contribution in [1.82, 2.24) is 4.98 Å². The van der Waals surface area contributed by atoms with E-state index in [9.17, 15) is 9.90 Å². The van der Waals surface area contributed by atoms with Crippen molar-refractivity contribution in [3.05, 3.63) is 115 Å². The first kappa shape index (κ1) is 32.9. The predicted molar refractivity (Wildman–Crippen MR) is 183 cm³/mol. The van der Waals surface area contributed by atoms with E-state index in [0.717, 1.165) is 66.3 Å². The Morgan fingerprint density at radius 1 is 0.761 bits per heavy atom. The fourth-order valence-electron chi connectivity index (χ4n) is 5.13. The monoisotopic (exact) mass is 787 g/mol. The molecule has 0 unspecified atom stereocenters. The van der Waals surface area contributed by atoms with Crippen molar-refractivity contribution < 1.29 is 38.8 Å². The van der Waals surface area contributed by atoms with Crippen LogP contribution in [-0.4, -0.2) is 15.9 Å². The Kier molecular flexibility index (Phi) is 9.08. The van der Waals surface area contributed by atoms with Crippen molar-refractivity contribution in [3.8, 4) is 22.4 Å². The number of carbonyl (C=O) groups is 1. The van der Waals surface area contributed by atoms with Crippen molar-refractivity contribution in [2.75, 3.05) is 0 Å². The number of allylic oxidation sites excluding steroid dienone is 2. The number of furan rings is 2. The third kappa shape index (κ3) is 6.42. The Hall–Kier alpha value is -4.51. The summed E-state index contributed by atoms with van der Waals surface area (Å²) in [5.41, 5.74) is 6.56. The molecule has 3 heterocycles. The van der Waals surface area contributed by atoms with Crippen molar-refractivity contribution >= 4 is 49.7 Å². The second-order valence-electron chi connectivity index (χ2n) is 13.3. The summed E-state index contributed by atoms with van der Waals surface area (Å²) in [5, 5.41) is 13.8. The number of aliphatic hydroxyl groups is 1. The van der Waals surface area contributed by atoms with Crippen LogP contribution in [0.1, 0.15) is 41.5 Å². The number of para-hydroxylation sites is 2. The topological polar surface area (TPSA) is 76.5 Å². The number of aliphatic hydroxyl groups excluding tert-OH is 1. The molecule has 7 rings (SSSR count). The molecular weight excluding hydrogens is 751 g/mol. The fourth-order valence-corrected chi connectivity index (χ4v) is 5.13. The second kappa shape index (κ2) is 12.7. The van der Waals surface area contributed by atoms with Crippen LogP contribution in [0.2, 0.25) is 0 Å². The van der Waals surface area contributed by atoms with Crippen LogP contribution < -0.4 is 0 Å². The first-order valence-electron chi connectivity index (χ1n) is 15.1. The van der Waals surface area contributed by atoms with Gasteiger partial charge in [-0.3, -0.25) is 4.79 Å². The van der Waals surface area contributed by atoms with E-state index in [4.69, 9.17) is 8.83 Å². The molecule has 1 radical (unpaired) electrons. The van der Waals surface area contributed by atoms with E-state index in [-0.39, 0.29) is 37.1 Å². The minimum absolute atomic E-state index is 0. The molecule has 0 aliphatic rings. The number of rotatable bonds is 3. The largest absolute Gasteiger partial charge is 0.512 e. The smallest absolute Gasteiger partial charge is 0.164 e. The van der Waals surface area contributed by atoms with E-state index in [2.05, 4.69) is 35.3 Å². The molecule has 5 nitrogen and oxygen atoms in total. The number of pyridine rings is 1. The zero-order chi connectivity index (χ0) is 31.9. The summed E-state index contributed by atoms with van der Waals surface area (Å²) in [7, 11) is 0. The molecule has 0 saturated carbocycles. The van der Waals surface area contributed by atoms with Crippen LogP contribution in [0, 0.1) is 16.9 Å². The molecular formula is C40H36IrNO4-. The molecule has 0 bridgehead atoms. The number of hydrogen-bond acceptors (Lipinski definition) is 5. The van der Waals surface area contributed by atoms with Crippen LogP contribution in [0.4, 0.5) is 0 Å². The van der Waals surface area contributed by atoms with E-state index < -0.39 is 5.41 Å². The number of hydrogen-bond donors (Lipinski definition) is 1. The van der Waals surface area contributed by atoms with Gasteiger partial charge in [0.05, 0.1) is 5.39 Å². The number of ketones is 1. The maximum Gasteiger partial charge on any atom is 0.164 e. The molecule has 7 aromatic rings. The summed E-state index contributed by atoms with van der Waals surface area (Å²) >= 11 is 0. The SMILES string of the molecule is CC(C)(C)C(=O)/C=C(\O)C(C)(C)C.[Ir].[c-]1ccccc1-c1cc(-c2cc3c4ccccc4oc3c3c2oc2ccccc23)ccn1. The number of nitrogens with zero attached hydrogens (tertiary/aromatic N) is 1. The van der Waals surface area contributed by atoms with Gasteiger partial charge in [0.1, 0.15) is 28.1 Å². The maximum atomic E-state index is 11.5. The van der Waals surface area contributed by atoms with E-state index in [0.29, 0.717) is 0 Å². The van der Waals surface area contributed by atoms with Gasteiger partial charge in [-0.2, -0.15) is 0 Å². The Bertz CT molecular complexity index is 2210. The molecule has 4 aromatic carbocycles. The van der Waals surface area contributed by atoms with Crippen molar-refractivity contribution in [1.29, 1.82) is 0 Å². The van der Waals surface area contributed by atoms with Gasteiger partial charge in [-0.1, -0.05) is 84.0 Å². The third-order valence-corrected chi connectivity index (χ3v) is 7.82. The normalized spacial score (nSPS) is 12.3. The molecule has 0 saturated heterocycles. The summed E-state index contributed by atoms with van der Waals surface area (Å²) in [6.07, 6.45) is 3.18.